The lowest BCUT2D eigenvalue weighted by atomic mass is 9.75. The van der Waals surface area contributed by atoms with E-state index < -0.39 is 0 Å². The molecule has 4 heteroatoms. The predicted octanol–water partition coefficient (Wildman–Crippen LogP) is 6.02. The van der Waals surface area contributed by atoms with E-state index in [9.17, 15) is 0 Å². The predicted molar refractivity (Wildman–Crippen MR) is 117 cm³/mol. The SMILES string of the molecule is CCCCOCC1C(C)CC(OCCCC)C(OCCCC)C1OCCCC. The number of hydrogen-bond acceptors (Lipinski definition) is 4. The van der Waals surface area contributed by atoms with Crippen LogP contribution in [0.15, 0.2) is 0 Å². The van der Waals surface area contributed by atoms with Crippen LogP contribution in [0.3, 0.4) is 0 Å². The topological polar surface area (TPSA) is 36.9 Å². The van der Waals surface area contributed by atoms with Gasteiger partial charge in [-0.15, -0.1) is 0 Å². The van der Waals surface area contributed by atoms with E-state index in [1.807, 2.05) is 0 Å². The second-order valence-corrected chi connectivity index (χ2v) is 8.45. The second kappa shape index (κ2) is 16.6. The summed E-state index contributed by atoms with van der Waals surface area (Å²) in [6.07, 6.45) is 10.3. The quantitative estimate of drug-likeness (QED) is 0.280. The monoisotopic (exact) mass is 400 g/mol. The fourth-order valence-corrected chi connectivity index (χ4v) is 3.87. The Kier molecular flexibility index (Phi) is 15.4. The summed E-state index contributed by atoms with van der Waals surface area (Å²) in [6, 6.07) is 0. The summed E-state index contributed by atoms with van der Waals surface area (Å²) in [5.74, 6) is 0.900. The number of unbranched alkanes of at least 4 members (excludes halogenated alkanes) is 4. The zero-order chi connectivity index (χ0) is 20.6. The van der Waals surface area contributed by atoms with Crippen molar-refractivity contribution in [3.63, 3.8) is 0 Å². The van der Waals surface area contributed by atoms with Gasteiger partial charge >= 0.3 is 0 Å². The van der Waals surface area contributed by atoms with Crippen LogP contribution in [0.4, 0.5) is 0 Å². The minimum Gasteiger partial charge on any atom is -0.381 e. The highest BCUT2D eigenvalue weighted by atomic mass is 16.6. The van der Waals surface area contributed by atoms with Crippen LogP contribution in [0, 0.1) is 11.8 Å². The van der Waals surface area contributed by atoms with Crippen LogP contribution in [0.1, 0.15) is 92.4 Å². The average molecular weight is 401 g/mol. The van der Waals surface area contributed by atoms with Gasteiger partial charge in [0.2, 0.25) is 0 Å². The maximum Gasteiger partial charge on any atom is 0.110 e. The molecule has 0 amide bonds. The Morgan fingerprint density at radius 3 is 1.71 bits per heavy atom. The Bertz CT molecular complexity index is 349. The fraction of sp³-hybridized carbons (Fsp3) is 1.00. The van der Waals surface area contributed by atoms with Gasteiger partial charge in [-0.1, -0.05) is 60.3 Å². The van der Waals surface area contributed by atoms with E-state index in [0.717, 1.165) is 84.4 Å². The molecule has 0 N–H and O–H groups in total. The molecule has 0 aliphatic heterocycles. The maximum atomic E-state index is 6.46. The summed E-state index contributed by atoms with van der Waals surface area (Å²) in [5, 5.41) is 0. The second-order valence-electron chi connectivity index (χ2n) is 8.45. The third kappa shape index (κ3) is 9.56. The molecule has 168 valence electrons. The molecule has 0 heterocycles. The number of ether oxygens (including phenoxy) is 4. The molecule has 0 bridgehead atoms. The fourth-order valence-electron chi connectivity index (χ4n) is 3.87. The summed E-state index contributed by atoms with van der Waals surface area (Å²) in [7, 11) is 0. The van der Waals surface area contributed by atoms with Gasteiger partial charge in [0.05, 0.1) is 18.8 Å². The van der Waals surface area contributed by atoms with Crippen LogP contribution < -0.4 is 0 Å². The Labute approximate surface area is 175 Å². The van der Waals surface area contributed by atoms with E-state index in [1.54, 1.807) is 0 Å². The zero-order valence-electron chi connectivity index (χ0n) is 19.4. The van der Waals surface area contributed by atoms with E-state index in [2.05, 4.69) is 34.6 Å². The molecule has 1 saturated carbocycles. The lowest BCUT2D eigenvalue weighted by Gasteiger charge is -2.45. The van der Waals surface area contributed by atoms with Gasteiger partial charge in [0.15, 0.2) is 0 Å². The van der Waals surface area contributed by atoms with E-state index in [0.29, 0.717) is 11.8 Å². The first kappa shape index (κ1) is 25.9. The molecule has 0 saturated heterocycles. The van der Waals surface area contributed by atoms with Gasteiger partial charge in [-0.2, -0.15) is 0 Å². The molecular formula is C24H48O4. The van der Waals surface area contributed by atoms with Gasteiger partial charge in [0.25, 0.3) is 0 Å². The van der Waals surface area contributed by atoms with Crippen molar-refractivity contribution in [2.45, 2.75) is 111 Å². The van der Waals surface area contributed by atoms with Gasteiger partial charge in [-0.3, -0.25) is 0 Å². The highest BCUT2D eigenvalue weighted by molar-refractivity contribution is 4.94. The standard InChI is InChI=1S/C24H48O4/c1-6-10-14-25-19-21-20(5)18-22(26-15-11-7-2)24(28-17-13-9-4)23(21)27-16-12-8-3/h20-24H,6-19H2,1-5H3. The van der Waals surface area contributed by atoms with E-state index in [4.69, 9.17) is 18.9 Å². The first-order chi connectivity index (χ1) is 13.7. The van der Waals surface area contributed by atoms with Gasteiger partial charge in [-0.25, -0.2) is 0 Å². The van der Waals surface area contributed by atoms with Crippen molar-refractivity contribution in [1.82, 2.24) is 0 Å². The largest absolute Gasteiger partial charge is 0.381 e. The van der Waals surface area contributed by atoms with Crippen LogP contribution in [0.2, 0.25) is 0 Å². The van der Waals surface area contributed by atoms with Crippen molar-refractivity contribution in [3.8, 4) is 0 Å². The van der Waals surface area contributed by atoms with Gasteiger partial charge in [0, 0.05) is 32.3 Å². The summed E-state index contributed by atoms with van der Waals surface area (Å²) in [4.78, 5) is 0. The van der Waals surface area contributed by atoms with Gasteiger partial charge in [-0.05, 0) is 38.0 Å². The van der Waals surface area contributed by atoms with Crippen molar-refractivity contribution in [2.75, 3.05) is 33.0 Å². The smallest absolute Gasteiger partial charge is 0.110 e. The third-order valence-corrected chi connectivity index (χ3v) is 5.85. The Balaban J connectivity index is 2.84. The molecule has 0 radical (unpaired) electrons. The Morgan fingerprint density at radius 2 is 1.14 bits per heavy atom. The lowest BCUT2D eigenvalue weighted by Crippen LogP contribution is -2.55. The minimum atomic E-state index is 0.0243. The third-order valence-electron chi connectivity index (χ3n) is 5.85. The van der Waals surface area contributed by atoms with Crippen molar-refractivity contribution in [3.05, 3.63) is 0 Å². The summed E-state index contributed by atoms with van der Waals surface area (Å²) < 4.78 is 25.2. The zero-order valence-corrected chi connectivity index (χ0v) is 19.4. The molecular weight excluding hydrogens is 352 g/mol. The van der Waals surface area contributed by atoms with Crippen molar-refractivity contribution >= 4 is 0 Å². The molecule has 5 atom stereocenters. The lowest BCUT2D eigenvalue weighted by molar-refractivity contribution is -0.197. The highest BCUT2D eigenvalue weighted by Gasteiger charge is 2.45. The molecule has 1 rings (SSSR count). The molecule has 0 aromatic heterocycles. The number of hydrogen-bond donors (Lipinski definition) is 0. The molecule has 5 unspecified atom stereocenters. The first-order valence-electron chi connectivity index (χ1n) is 12.1. The summed E-state index contributed by atoms with van der Waals surface area (Å²) in [5.41, 5.74) is 0. The molecule has 0 aromatic carbocycles. The summed E-state index contributed by atoms with van der Waals surface area (Å²) in [6.45, 7) is 15.2. The maximum absolute atomic E-state index is 6.46. The van der Waals surface area contributed by atoms with Crippen LogP contribution in [0.5, 0.6) is 0 Å². The average Bonchev–Trinajstić information content (AvgIpc) is 2.69. The Hall–Kier alpha value is -0.160. The van der Waals surface area contributed by atoms with Gasteiger partial charge < -0.3 is 18.9 Å². The van der Waals surface area contributed by atoms with Crippen molar-refractivity contribution < 1.29 is 18.9 Å². The molecule has 1 aliphatic rings. The highest BCUT2D eigenvalue weighted by Crippen LogP contribution is 2.36. The van der Waals surface area contributed by atoms with Crippen LogP contribution >= 0.6 is 0 Å². The molecule has 0 aromatic rings. The van der Waals surface area contributed by atoms with Crippen molar-refractivity contribution in [1.29, 1.82) is 0 Å². The van der Waals surface area contributed by atoms with E-state index in [1.165, 1.54) is 6.42 Å². The van der Waals surface area contributed by atoms with E-state index >= 15 is 0 Å². The Morgan fingerprint density at radius 1 is 0.643 bits per heavy atom. The number of rotatable bonds is 17. The molecule has 0 spiro atoms. The summed E-state index contributed by atoms with van der Waals surface area (Å²) >= 11 is 0. The molecule has 28 heavy (non-hydrogen) atoms. The van der Waals surface area contributed by atoms with Crippen LogP contribution in [0.25, 0.3) is 0 Å². The molecule has 4 nitrogen and oxygen atoms in total. The molecule has 1 fully saturated rings. The first-order valence-corrected chi connectivity index (χ1v) is 12.1. The normalized spacial score (nSPS) is 28.0. The minimum absolute atomic E-state index is 0.0243. The van der Waals surface area contributed by atoms with Gasteiger partial charge in [0.1, 0.15) is 6.10 Å². The van der Waals surface area contributed by atoms with E-state index in [-0.39, 0.29) is 18.3 Å². The molecule has 1 aliphatic carbocycles. The van der Waals surface area contributed by atoms with Crippen LogP contribution in [-0.2, 0) is 18.9 Å². The van der Waals surface area contributed by atoms with Crippen molar-refractivity contribution in [2.24, 2.45) is 11.8 Å². The van der Waals surface area contributed by atoms with Crippen LogP contribution in [-0.4, -0.2) is 51.3 Å².